The maximum Gasteiger partial charge on any atom is 0.263 e. The number of nitrogens with one attached hydrogen (secondary N) is 1. The Kier molecular flexibility index (Phi) is 5.22. The fourth-order valence-electron chi connectivity index (χ4n) is 2.07. The van der Waals surface area contributed by atoms with Gasteiger partial charge >= 0.3 is 0 Å². The maximum absolute atomic E-state index is 12.3. The molecular weight excluding hydrogens is 294 g/mol. The van der Waals surface area contributed by atoms with E-state index in [1.165, 1.54) is 0 Å². The highest BCUT2D eigenvalue weighted by Gasteiger charge is 2.32. The van der Waals surface area contributed by atoms with E-state index >= 15 is 0 Å². The van der Waals surface area contributed by atoms with Crippen LogP contribution in [0, 0.1) is 0 Å². The summed E-state index contributed by atoms with van der Waals surface area (Å²) in [6.45, 7) is 3.56. The van der Waals surface area contributed by atoms with Gasteiger partial charge in [0.2, 0.25) is 0 Å². The minimum Gasteiger partial charge on any atom is -0.478 e. The normalized spacial score (nSPS) is 16.8. The zero-order valence-electron chi connectivity index (χ0n) is 11.8. The van der Waals surface area contributed by atoms with Crippen molar-refractivity contribution in [3.63, 3.8) is 0 Å². The lowest BCUT2D eigenvalue weighted by Crippen LogP contribution is -2.50. The summed E-state index contributed by atoms with van der Waals surface area (Å²) in [5, 5.41) is 3.68. The topological polar surface area (TPSA) is 38.3 Å². The van der Waals surface area contributed by atoms with Gasteiger partial charge in [-0.05, 0) is 56.4 Å². The van der Waals surface area contributed by atoms with Crippen LogP contribution in [0.25, 0.3) is 0 Å². The summed E-state index contributed by atoms with van der Waals surface area (Å²) in [6, 6.07) is 7.38. The predicted molar refractivity (Wildman–Crippen MR) is 84.6 cm³/mol. The van der Waals surface area contributed by atoms with Crippen LogP contribution in [0.5, 0.6) is 5.75 Å². The Hall–Kier alpha value is -0.870. The zero-order chi connectivity index (χ0) is 14.6. The van der Waals surface area contributed by atoms with Crippen LogP contribution in [0.2, 0.25) is 5.02 Å². The lowest BCUT2D eigenvalue weighted by Gasteiger charge is -2.29. The molecule has 0 unspecified atom stereocenters. The maximum atomic E-state index is 12.3. The standard InChI is InChI=1S/C15H20ClNO2S/c1-15(2,19-13-5-3-4-11(16)10-13)14(18)17-12-6-8-20-9-7-12/h3-5,10,12H,6-9H2,1-2H3,(H,17,18). The zero-order valence-corrected chi connectivity index (χ0v) is 13.4. The third-order valence-corrected chi connectivity index (χ3v) is 4.56. The highest BCUT2D eigenvalue weighted by Crippen LogP contribution is 2.23. The van der Waals surface area contributed by atoms with Gasteiger partial charge in [0, 0.05) is 11.1 Å². The number of amides is 1. The van der Waals surface area contributed by atoms with Crippen LogP contribution in [0.3, 0.4) is 0 Å². The molecule has 1 aromatic carbocycles. The van der Waals surface area contributed by atoms with E-state index in [0.717, 1.165) is 24.3 Å². The second-order valence-corrected chi connectivity index (χ2v) is 7.09. The molecule has 1 fully saturated rings. The Labute approximate surface area is 129 Å². The second-order valence-electron chi connectivity index (χ2n) is 5.43. The molecule has 1 saturated heterocycles. The first-order valence-electron chi connectivity index (χ1n) is 6.81. The molecule has 0 atom stereocenters. The minimum absolute atomic E-state index is 0.0747. The summed E-state index contributed by atoms with van der Waals surface area (Å²) < 4.78 is 5.78. The molecule has 3 nitrogen and oxygen atoms in total. The average Bonchev–Trinajstić information content (AvgIpc) is 2.39. The van der Waals surface area contributed by atoms with E-state index in [9.17, 15) is 4.79 Å². The van der Waals surface area contributed by atoms with Crippen LogP contribution in [-0.2, 0) is 4.79 Å². The summed E-state index contributed by atoms with van der Waals surface area (Å²) in [5.41, 5.74) is -0.907. The van der Waals surface area contributed by atoms with Crippen molar-refractivity contribution in [3.05, 3.63) is 29.3 Å². The monoisotopic (exact) mass is 313 g/mol. The molecule has 0 aliphatic carbocycles. The Morgan fingerprint density at radius 2 is 2.10 bits per heavy atom. The van der Waals surface area contributed by atoms with E-state index < -0.39 is 5.60 Å². The fourth-order valence-corrected chi connectivity index (χ4v) is 3.36. The van der Waals surface area contributed by atoms with E-state index in [2.05, 4.69) is 5.32 Å². The number of thioether (sulfide) groups is 1. The molecule has 0 aromatic heterocycles. The van der Waals surface area contributed by atoms with Crippen molar-refractivity contribution in [1.82, 2.24) is 5.32 Å². The van der Waals surface area contributed by atoms with Gasteiger partial charge in [0.05, 0.1) is 0 Å². The van der Waals surface area contributed by atoms with Crippen LogP contribution < -0.4 is 10.1 Å². The lowest BCUT2D eigenvalue weighted by molar-refractivity contribution is -0.135. The van der Waals surface area contributed by atoms with Crippen molar-refractivity contribution in [2.24, 2.45) is 0 Å². The Balaban J connectivity index is 1.96. The van der Waals surface area contributed by atoms with E-state index in [0.29, 0.717) is 10.8 Å². The number of hydrogen-bond acceptors (Lipinski definition) is 3. The third-order valence-electron chi connectivity index (χ3n) is 3.27. The fraction of sp³-hybridized carbons (Fsp3) is 0.533. The molecule has 1 aliphatic heterocycles. The van der Waals surface area contributed by atoms with E-state index in [1.807, 2.05) is 17.8 Å². The van der Waals surface area contributed by atoms with Gasteiger partial charge in [0.1, 0.15) is 5.75 Å². The van der Waals surface area contributed by atoms with Gasteiger partial charge < -0.3 is 10.1 Å². The molecule has 0 radical (unpaired) electrons. The van der Waals surface area contributed by atoms with Crippen molar-refractivity contribution in [2.75, 3.05) is 11.5 Å². The molecule has 0 saturated carbocycles. The predicted octanol–water partition coefficient (Wildman–Crippen LogP) is 3.51. The lowest BCUT2D eigenvalue weighted by atomic mass is 10.1. The SMILES string of the molecule is CC(C)(Oc1cccc(Cl)c1)C(=O)NC1CCSCC1. The van der Waals surface area contributed by atoms with Crippen molar-refractivity contribution in [3.8, 4) is 5.75 Å². The molecule has 0 spiro atoms. The second kappa shape index (κ2) is 6.72. The highest BCUT2D eigenvalue weighted by atomic mass is 35.5. The van der Waals surface area contributed by atoms with E-state index in [-0.39, 0.29) is 11.9 Å². The summed E-state index contributed by atoms with van der Waals surface area (Å²) in [4.78, 5) is 12.3. The van der Waals surface area contributed by atoms with Crippen molar-refractivity contribution < 1.29 is 9.53 Å². The van der Waals surface area contributed by atoms with Crippen LogP contribution in [0.15, 0.2) is 24.3 Å². The van der Waals surface area contributed by atoms with Gasteiger partial charge in [0.15, 0.2) is 5.60 Å². The van der Waals surface area contributed by atoms with Gasteiger partial charge in [0.25, 0.3) is 5.91 Å². The summed E-state index contributed by atoms with van der Waals surface area (Å²) in [6.07, 6.45) is 2.06. The first kappa shape index (κ1) is 15.5. The molecule has 1 N–H and O–H groups in total. The molecule has 20 heavy (non-hydrogen) atoms. The van der Waals surface area contributed by atoms with Crippen molar-refractivity contribution in [2.45, 2.75) is 38.3 Å². The number of benzene rings is 1. The molecule has 1 aromatic rings. The third kappa shape index (κ3) is 4.32. The minimum atomic E-state index is -0.907. The summed E-state index contributed by atoms with van der Waals surface area (Å²) in [5.74, 6) is 2.76. The molecule has 1 heterocycles. The number of carbonyl (C=O) groups is 1. The van der Waals surface area contributed by atoms with Crippen LogP contribution >= 0.6 is 23.4 Å². The van der Waals surface area contributed by atoms with Crippen LogP contribution in [-0.4, -0.2) is 29.1 Å². The molecule has 110 valence electrons. The summed E-state index contributed by atoms with van der Waals surface area (Å²) in [7, 11) is 0. The van der Waals surface area contributed by atoms with Gasteiger partial charge in [-0.1, -0.05) is 17.7 Å². The van der Waals surface area contributed by atoms with Gasteiger partial charge in [-0.15, -0.1) is 0 Å². The van der Waals surface area contributed by atoms with Gasteiger partial charge in [-0.2, -0.15) is 11.8 Å². The van der Waals surface area contributed by atoms with Crippen molar-refractivity contribution >= 4 is 29.3 Å². The molecule has 2 rings (SSSR count). The molecule has 0 bridgehead atoms. The number of carbonyl (C=O) groups excluding carboxylic acids is 1. The molecular formula is C15H20ClNO2S. The largest absolute Gasteiger partial charge is 0.478 e. The van der Waals surface area contributed by atoms with Gasteiger partial charge in [-0.25, -0.2) is 0 Å². The van der Waals surface area contributed by atoms with Crippen LogP contribution in [0.4, 0.5) is 0 Å². The van der Waals surface area contributed by atoms with E-state index in [4.69, 9.17) is 16.3 Å². The highest BCUT2D eigenvalue weighted by molar-refractivity contribution is 7.99. The Morgan fingerprint density at radius 1 is 1.40 bits per heavy atom. The molecule has 5 heteroatoms. The van der Waals surface area contributed by atoms with Crippen molar-refractivity contribution in [1.29, 1.82) is 0 Å². The first-order chi connectivity index (χ1) is 9.47. The van der Waals surface area contributed by atoms with Gasteiger partial charge in [-0.3, -0.25) is 4.79 Å². The average molecular weight is 314 g/mol. The molecule has 1 aliphatic rings. The number of hydrogen-bond donors (Lipinski definition) is 1. The molecule has 1 amide bonds. The van der Waals surface area contributed by atoms with Crippen LogP contribution in [0.1, 0.15) is 26.7 Å². The quantitative estimate of drug-likeness (QED) is 0.924. The smallest absolute Gasteiger partial charge is 0.263 e. The summed E-state index contributed by atoms with van der Waals surface area (Å²) >= 11 is 7.87. The number of rotatable bonds is 4. The number of ether oxygens (including phenoxy) is 1. The Morgan fingerprint density at radius 3 is 2.75 bits per heavy atom. The van der Waals surface area contributed by atoms with E-state index in [1.54, 1.807) is 32.0 Å². The Bertz CT molecular complexity index is 473. The first-order valence-corrected chi connectivity index (χ1v) is 8.34. The number of halogens is 1.